The van der Waals surface area contributed by atoms with Crippen LogP contribution in [0.3, 0.4) is 0 Å². The fourth-order valence-electron chi connectivity index (χ4n) is 2.06. The van der Waals surface area contributed by atoms with E-state index in [2.05, 4.69) is 24.0 Å². The lowest BCUT2D eigenvalue weighted by Gasteiger charge is -2.09. The Hall–Kier alpha value is -2.13. The highest BCUT2D eigenvalue weighted by atomic mass is 16.5. The van der Waals surface area contributed by atoms with Crippen molar-refractivity contribution in [2.24, 2.45) is 5.09 Å². The Morgan fingerprint density at radius 3 is 2.79 bits per heavy atom. The van der Waals surface area contributed by atoms with Crippen LogP contribution in [0.25, 0.3) is 5.57 Å². The van der Waals surface area contributed by atoms with Crippen LogP contribution < -0.4 is 5.46 Å². The van der Waals surface area contributed by atoms with Gasteiger partial charge >= 0.3 is 14.2 Å². The summed E-state index contributed by atoms with van der Waals surface area (Å²) in [5, 5.41) is 12.9. The number of fused-ring (bicyclic) bond motifs is 1. The summed E-state index contributed by atoms with van der Waals surface area (Å²) in [6, 6.07) is 7.12. The summed E-state index contributed by atoms with van der Waals surface area (Å²) in [7, 11) is -2.34. The van der Waals surface area contributed by atoms with Crippen molar-refractivity contribution in [1.82, 2.24) is 0 Å². The molecule has 19 heavy (non-hydrogen) atoms. The summed E-state index contributed by atoms with van der Waals surface area (Å²) in [5.74, 6) is 0. The van der Waals surface area contributed by atoms with Crippen molar-refractivity contribution in [3.63, 3.8) is 0 Å². The molecule has 1 aliphatic rings. The first kappa shape index (κ1) is 13.3. The molecule has 0 spiro atoms. The van der Waals surface area contributed by atoms with Crippen molar-refractivity contribution in [2.75, 3.05) is 0 Å². The monoisotopic (exact) mass is 251 g/mol. The minimum absolute atomic E-state index is 0.448. The molecule has 0 aromatic heterocycles. The van der Waals surface area contributed by atoms with E-state index in [9.17, 15) is 9.93 Å². The highest BCUT2D eigenvalue weighted by Gasteiger charge is 2.37. The van der Waals surface area contributed by atoms with Gasteiger partial charge in [0, 0.05) is 5.57 Å². The third kappa shape index (κ3) is 2.37. The SMILES string of the molecule is C=C=C1/C(=C\C=C)B(O)OB(N=O)c2ccccc21. The summed E-state index contributed by atoms with van der Waals surface area (Å²) < 4.78 is 5.26. The Bertz CT molecular complexity index is 606. The summed E-state index contributed by atoms with van der Waals surface area (Å²) in [4.78, 5) is 10.9. The second kappa shape index (κ2) is 5.67. The van der Waals surface area contributed by atoms with E-state index < -0.39 is 14.2 Å². The van der Waals surface area contributed by atoms with E-state index in [1.54, 1.807) is 24.3 Å². The number of allylic oxidation sites excluding steroid dienone is 4. The normalized spacial score (nSPS) is 16.7. The number of nitroso groups, excluding NO2 is 1. The summed E-state index contributed by atoms with van der Waals surface area (Å²) >= 11 is 0. The average Bonchev–Trinajstić information content (AvgIpc) is 2.55. The van der Waals surface area contributed by atoms with E-state index in [0.29, 0.717) is 22.1 Å². The van der Waals surface area contributed by atoms with Gasteiger partial charge in [-0.3, -0.25) is 0 Å². The van der Waals surface area contributed by atoms with E-state index in [1.165, 1.54) is 6.08 Å². The molecule has 0 saturated carbocycles. The molecule has 4 nitrogen and oxygen atoms in total. The third-order valence-corrected chi connectivity index (χ3v) is 2.88. The Kier molecular flexibility index (Phi) is 3.97. The van der Waals surface area contributed by atoms with Gasteiger partial charge in [-0.25, -0.2) is 0 Å². The Labute approximate surface area is 112 Å². The van der Waals surface area contributed by atoms with Crippen LogP contribution in [0.4, 0.5) is 0 Å². The molecule has 2 rings (SSSR count). The molecule has 0 atom stereocenters. The van der Waals surface area contributed by atoms with Crippen LogP contribution >= 0.6 is 0 Å². The van der Waals surface area contributed by atoms with Crippen LogP contribution in [0.1, 0.15) is 5.56 Å². The van der Waals surface area contributed by atoms with Gasteiger partial charge in [0.05, 0.1) is 0 Å². The van der Waals surface area contributed by atoms with Crippen molar-refractivity contribution in [2.45, 2.75) is 0 Å². The summed E-state index contributed by atoms with van der Waals surface area (Å²) in [5.41, 5.74) is 5.10. The molecular formula is C13H11B2NO3. The third-order valence-electron chi connectivity index (χ3n) is 2.88. The van der Waals surface area contributed by atoms with Crippen molar-refractivity contribution >= 4 is 25.2 Å². The first-order valence-electron chi connectivity index (χ1n) is 5.71. The molecule has 6 heteroatoms. The van der Waals surface area contributed by atoms with E-state index in [1.807, 2.05) is 6.07 Å². The number of hydrogen-bond acceptors (Lipinski definition) is 4. The van der Waals surface area contributed by atoms with Crippen molar-refractivity contribution in [3.05, 3.63) is 71.2 Å². The molecule has 0 fully saturated rings. The largest absolute Gasteiger partial charge is 0.508 e. The molecule has 1 aromatic carbocycles. The van der Waals surface area contributed by atoms with Gasteiger partial charge in [-0.15, -0.1) is 5.73 Å². The van der Waals surface area contributed by atoms with Crippen molar-refractivity contribution in [3.8, 4) is 0 Å². The summed E-state index contributed by atoms with van der Waals surface area (Å²) in [6.07, 6.45) is 3.12. The van der Waals surface area contributed by atoms with Gasteiger partial charge in [0.25, 0.3) is 0 Å². The molecule has 92 valence electrons. The van der Waals surface area contributed by atoms with E-state index in [-0.39, 0.29) is 0 Å². The average molecular weight is 251 g/mol. The maximum absolute atomic E-state index is 10.9. The highest BCUT2D eigenvalue weighted by Crippen LogP contribution is 2.26. The van der Waals surface area contributed by atoms with Crippen LogP contribution in [0.2, 0.25) is 0 Å². The molecule has 0 unspecified atom stereocenters. The molecule has 1 aliphatic heterocycles. The van der Waals surface area contributed by atoms with Gasteiger partial charge in [-0.2, -0.15) is 4.91 Å². The number of benzene rings is 1. The number of rotatable bonds is 2. The second-order valence-electron chi connectivity index (χ2n) is 3.94. The van der Waals surface area contributed by atoms with Crippen LogP contribution in [-0.4, -0.2) is 19.2 Å². The van der Waals surface area contributed by atoms with Gasteiger partial charge in [0.15, 0.2) is 0 Å². The molecule has 0 aliphatic carbocycles. The zero-order valence-corrected chi connectivity index (χ0v) is 10.2. The van der Waals surface area contributed by atoms with Crippen LogP contribution in [0, 0.1) is 4.91 Å². The second-order valence-corrected chi connectivity index (χ2v) is 3.94. The minimum atomic E-state index is -1.28. The molecule has 0 amide bonds. The maximum Gasteiger partial charge on any atom is 0.508 e. The smallest absolute Gasteiger partial charge is 0.445 e. The maximum atomic E-state index is 10.9. The van der Waals surface area contributed by atoms with Gasteiger partial charge < -0.3 is 9.60 Å². The summed E-state index contributed by atoms with van der Waals surface area (Å²) in [6.45, 7) is 7.22. The molecule has 0 saturated heterocycles. The molecule has 0 radical (unpaired) electrons. The Morgan fingerprint density at radius 2 is 2.16 bits per heavy atom. The van der Waals surface area contributed by atoms with Crippen molar-refractivity contribution in [1.29, 1.82) is 0 Å². The molecule has 1 N–H and O–H groups in total. The minimum Gasteiger partial charge on any atom is -0.445 e. The van der Waals surface area contributed by atoms with Gasteiger partial charge in [-0.1, -0.05) is 54.7 Å². The molecule has 0 bridgehead atoms. The molecule has 1 aromatic rings. The standard InChI is InChI=1S/C13H11B2NO3/c1-3-7-13-10(4-2)11-8-5-6-9-12(11)14(16-18)19-15(13)17/h3,5-9,17H,1-2H2/b13-7+. The fourth-order valence-corrected chi connectivity index (χ4v) is 2.06. The van der Waals surface area contributed by atoms with Crippen LogP contribution in [0.5, 0.6) is 0 Å². The quantitative estimate of drug-likeness (QED) is 0.492. The van der Waals surface area contributed by atoms with Crippen LogP contribution in [-0.2, 0) is 4.57 Å². The van der Waals surface area contributed by atoms with Gasteiger partial charge in [-0.05, 0) is 16.5 Å². The Morgan fingerprint density at radius 1 is 1.42 bits per heavy atom. The number of nitrogens with zero attached hydrogens (tertiary/aromatic N) is 1. The topological polar surface area (TPSA) is 58.9 Å². The zero-order chi connectivity index (χ0) is 13.8. The van der Waals surface area contributed by atoms with E-state index in [0.717, 1.165) is 0 Å². The fraction of sp³-hybridized carbons (Fsp3) is 0. The molecule has 1 heterocycles. The zero-order valence-electron chi connectivity index (χ0n) is 10.2. The van der Waals surface area contributed by atoms with Crippen LogP contribution in [0.15, 0.2) is 65.9 Å². The van der Waals surface area contributed by atoms with Gasteiger partial charge in [0.1, 0.15) is 0 Å². The lowest BCUT2D eigenvalue weighted by Crippen LogP contribution is -2.37. The van der Waals surface area contributed by atoms with Crippen molar-refractivity contribution < 1.29 is 9.60 Å². The number of hydrogen-bond donors (Lipinski definition) is 1. The van der Waals surface area contributed by atoms with Gasteiger partial charge in [0.2, 0.25) is 0 Å². The van der Waals surface area contributed by atoms with E-state index >= 15 is 0 Å². The van der Waals surface area contributed by atoms with E-state index in [4.69, 9.17) is 4.57 Å². The Balaban J connectivity index is 2.72. The predicted octanol–water partition coefficient (Wildman–Crippen LogP) is 1.48. The lowest BCUT2D eigenvalue weighted by atomic mass is 9.71. The highest BCUT2D eigenvalue weighted by molar-refractivity contribution is 6.77. The predicted molar refractivity (Wildman–Crippen MR) is 77.5 cm³/mol. The molecular weight excluding hydrogens is 240 g/mol. The first-order chi connectivity index (χ1) is 9.22. The lowest BCUT2D eigenvalue weighted by molar-refractivity contribution is 0.438. The first-order valence-corrected chi connectivity index (χ1v) is 5.71.